The minimum absolute atomic E-state index is 0. The van der Waals surface area contributed by atoms with Crippen LogP contribution in [0.4, 0.5) is 17.5 Å². The van der Waals surface area contributed by atoms with Gasteiger partial charge in [0.05, 0.1) is 21.3 Å². The molecular formula is C32H41N5O4. The molecular weight excluding hydrogens is 518 g/mol. The fraction of sp³-hybridized carbons (Fsp3) is 0.281. The number of amides is 1. The molecule has 0 spiro atoms. The van der Waals surface area contributed by atoms with Gasteiger partial charge in [0.15, 0.2) is 11.5 Å². The van der Waals surface area contributed by atoms with Crippen LogP contribution >= 0.6 is 0 Å². The number of benzene rings is 3. The number of hydrogen-bond acceptors (Lipinski definition) is 8. The molecule has 0 unspecified atom stereocenters. The molecule has 4 aromatic rings. The van der Waals surface area contributed by atoms with Crippen molar-refractivity contribution in [3.8, 4) is 28.4 Å². The summed E-state index contributed by atoms with van der Waals surface area (Å²) in [6, 6.07) is 24.0. The van der Waals surface area contributed by atoms with Crippen molar-refractivity contribution >= 4 is 23.9 Å². The van der Waals surface area contributed by atoms with E-state index < -0.39 is 0 Å². The van der Waals surface area contributed by atoms with E-state index in [1.54, 1.807) is 27.5 Å². The Kier molecular flexibility index (Phi) is 10.8. The summed E-state index contributed by atoms with van der Waals surface area (Å²) in [6.07, 6.45) is 6.20. The summed E-state index contributed by atoms with van der Waals surface area (Å²) in [5.41, 5.74) is 4.24. The second kappa shape index (κ2) is 15.1. The molecule has 0 saturated carbocycles. The van der Waals surface area contributed by atoms with Gasteiger partial charge in [0.2, 0.25) is 18.1 Å². The van der Waals surface area contributed by atoms with Crippen LogP contribution in [0, 0.1) is 0 Å². The van der Waals surface area contributed by atoms with Gasteiger partial charge in [0.1, 0.15) is 5.82 Å². The van der Waals surface area contributed by atoms with Crippen LogP contribution in [0.3, 0.4) is 0 Å². The molecule has 1 fully saturated rings. The fourth-order valence-electron chi connectivity index (χ4n) is 4.64. The zero-order valence-corrected chi connectivity index (χ0v) is 23.8. The first-order valence-corrected chi connectivity index (χ1v) is 13.6. The Morgan fingerprint density at radius 1 is 0.854 bits per heavy atom. The van der Waals surface area contributed by atoms with Crippen LogP contribution in [-0.4, -0.2) is 50.8 Å². The van der Waals surface area contributed by atoms with Crippen LogP contribution in [0.5, 0.6) is 17.2 Å². The van der Waals surface area contributed by atoms with Crippen molar-refractivity contribution in [3.63, 3.8) is 0 Å². The quantitative estimate of drug-likeness (QED) is 0.218. The van der Waals surface area contributed by atoms with E-state index in [1.165, 1.54) is 30.4 Å². The molecule has 1 amide bonds. The Labute approximate surface area is 244 Å². The number of carbonyl (C=O) groups is 1. The number of ether oxygens (including phenoxy) is 3. The lowest BCUT2D eigenvalue weighted by atomic mass is 10.0. The second-order valence-electron chi connectivity index (χ2n) is 9.39. The first-order chi connectivity index (χ1) is 20.1. The summed E-state index contributed by atoms with van der Waals surface area (Å²) >= 11 is 0. The van der Waals surface area contributed by atoms with Crippen LogP contribution in [-0.2, 0) is 11.3 Å². The Morgan fingerprint density at radius 3 is 2.22 bits per heavy atom. The molecule has 41 heavy (non-hydrogen) atoms. The number of hydrogen-bond donors (Lipinski definition) is 2. The van der Waals surface area contributed by atoms with Gasteiger partial charge in [-0.05, 0) is 48.1 Å². The van der Waals surface area contributed by atoms with Gasteiger partial charge in [0, 0.05) is 46.5 Å². The fourth-order valence-corrected chi connectivity index (χ4v) is 4.64. The zero-order valence-electron chi connectivity index (χ0n) is 23.8. The molecule has 0 atom stereocenters. The molecule has 0 radical (unpaired) electrons. The van der Waals surface area contributed by atoms with Crippen molar-refractivity contribution in [2.45, 2.75) is 25.8 Å². The molecule has 9 nitrogen and oxygen atoms in total. The number of nitrogens with zero attached hydrogens (tertiary/aromatic N) is 3. The van der Waals surface area contributed by atoms with Crippen molar-refractivity contribution in [3.05, 3.63) is 84.6 Å². The average Bonchev–Trinajstić information content (AvgIpc) is 3.04. The van der Waals surface area contributed by atoms with Crippen molar-refractivity contribution in [2.24, 2.45) is 0 Å². The van der Waals surface area contributed by atoms with Gasteiger partial charge in [-0.15, -0.1) is 0 Å². The van der Waals surface area contributed by atoms with E-state index >= 15 is 0 Å². The lowest BCUT2D eigenvalue weighted by molar-refractivity contribution is -0.109. The topological polar surface area (TPSA) is 97.8 Å². The number of nitrogens with one attached hydrogen (secondary N) is 2. The van der Waals surface area contributed by atoms with Crippen LogP contribution in [0.2, 0.25) is 0 Å². The highest BCUT2D eigenvalue weighted by Gasteiger charge is 2.15. The van der Waals surface area contributed by atoms with Crippen LogP contribution in [0.25, 0.3) is 11.1 Å². The smallest absolute Gasteiger partial charge is 0.229 e. The van der Waals surface area contributed by atoms with E-state index in [-0.39, 0.29) is 2.85 Å². The molecule has 2 N–H and O–H groups in total. The van der Waals surface area contributed by atoms with Crippen LogP contribution in [0.15, 0.2) is 79.0 Å². The van der Waals surface area contributed by atoms with Crippen LogP contribution in [0.1, 0.15) is 27.7 Å². The maximum absolute atomic E-state index is 10.2. The predicted octanol–water partition coefficient (Wildman–Crippen LogP) is 6.33. The Balaban J connectivity index is 0.000000312. The molecule has 1 aliphatic rings. The van der Waals surface area contributed by atoms with Crippen molar-refractivity contribution in [1.82, 2.24) is 15.3 Å². The molecule has 1 aliphatic heterocycles. The summed E-state index contributed by atoms with van der Waals surface area (Å²) in [6.45, 7) is 2.66. The van der Waals surface area contributed by atoms with Gasteiger partial charge in [-0.25, -0.2) is 4.98 Å². The number of piperidine rings is 1. The third-order valence-electron chi connectivity index (χ3n) is 6.67. The minimum atomic E-state index is 0. The highest BCUT2D eigenvalue weighted by Crippen LogP contribution is 2.40. The summed E-state index contributed by atoms with van der Waals surface area (Å²) < 4.78 is 16.1. The molecule has 218 valence electrons. The van der Waals surface area contributed by atoms with Gasteiger partial charge in [-0.1, -0.05) is 48.5 Å². The van der Waals surface area contributed by atoms with Crippen molar-refractivity contribution in [2.75, 3.05) is 44.6 Å². The number of carbonyl (C=O) groups excluding carboxylic acids is 1. The number of aromatic nitrogens is 2. The Morgan fingerprint density at radius 2 is 1.56 bits per heavy atom. The molecule has 9 heteroatoms. The highest BCUT2D eigenvalue weighted by molar-refractivity contribution is 5.66. The summed E-state index contributed by atoms with van der Waals surface area (Å²) in [4.78, 5) is 21.5. The molecule has 5 rings (SSSR count). The SMILES string of the molecule is COc1cc(Nc2nccc(N3CCCCC3)n2)cc(OC)c1OC.O=CNCc1cccc(-c2ccccc2)c1.[HH].[HH]. The zero-order chi connectivity index (χ0) is 28.9. The van der Waals surface area contributed by atoms with Gasteiger partial charge in [-0.2, -0.15) is 4.98 Å². The van der Waals surface area contributed by atoms with E-state index in [4.69, 9.17) is 14.2 Å². The van der Waals surface area contributed by atoms with Gasteiger partial charge in [-0.3, -0.25) is 4.79 Å². The van der Waals surface area contributed by atoms with E-state index in [1.807, 2.05) is 48.5 Å². The van der Waals surface area contributed by atoms with Gasteiger partial charge in [0.25, 0.3) is 0 Å². The first kappa shape index (κ1) is 29.2. The predicted molar refractivity (Wildman–Crippen MR) is 166 cm³/mol. The summed E-state index contributed by atoms with van der Waals surface area (Å²) in [5, 5.41) is 5.88. The molecule has 1 aromatic heterocycles. The monoisotopic (exact) mass is 559 g/mol. The Hall–Kier alpha value is -4.79. The summed E-state index contributed by atoms with van der Waals surface area (Å²) in [7, 11) is 4.77. The van der Waals surface area contributed by atoms with Crippen molar-refractivity contribution in [1.29, 1.82) is 0 Å². The van der Waals surface area contributed by atoms with E-state index in [9.17, 15) is 4.79 Å². The number of anilines is 3. The number of rotatable bonds is 10. The maximum Gasteiger partial charge on any atom is 0.229 e. The highest BCUT2D eigenvalue weighted by atomic mass is 16.5. The normalized spacial score (nSPS) is 12.4. The number of methoxy groups -OCH3 is 3. The standard InChI is InChI=1S/C18H24N4O3.C14H13NO.2H2/c1-23-14-11-13(12-15(24-2)17(14)25-3)20-18-19-8-7-16(21-18)22-9-5-4-6-10-22;16-11-15-10-12-5-4-8-14(9-12)13-6-2-1-3-7-13;;/h7-8,11-12H,4-6,9-10H2,1-3H3,(H,19,20,21);1-9,11H,10H2,(H,15,16);2*1H. The molecule has 1 saturated heterocycles. The van der Waals surface area contributed by atoms with Crippen molar-refractivity contribution < 1.29 is 21.9 Å². The Bertz CT molecular complexity index is 1380. The lowest BCUT2D eigenvalue weighted by Gasteiger charge is -2.27. The average molecular weight is 560 g/mol. The van der Waals surface area contributed by atoms with E-state index in [0.717, 1.165) is 36.6 Å². The molecule has 0 aliphatic carbocycles. The summed E-state index contributed by atoms with van der Waals surface area (Å²) in [5.74, 6) is 3.20. The van der Waals surface area contributed by atoms with Gasteiger partial charge < -0.3 is 29.7 Å². The largest absolute Gasteiger partial charge is 0.493 e. The van der Waals surface area contributed by atoms with E-state index in [2.05, 4.69) is 49.8 Å². The molecule has 3 aromatic carbocycles. The molecule has 2 heterocycles. The second-order valence-corrected chi connectivity index (χ2v) is 9.39. The van der Waals surface area contributed by atoms with Crippen LogP contribution < -0.4 is 29.7 Å². The minimum Gasteiger partial charge on any atom is -0.493 e. The first-order valence-electron chi connectivity index (χ1n) is 13.6. The van der Waals surface area contributed by atoms with Gasteiger partial charge >= 0.3 is 0 Å². The third kappa shape index (κ3) is 8.11. The maximum atomic E-state index is 10.2. The van der Waals surface area contributed by atoms with E-state index in [0.29, 0.717) is 29.7 Å². The lowest BCUT2D eigenvalue weighted by Crippen LogP contribution is -2.30. The third-order valence-corrected chi connectivity index (χ3v) is 6.67. The molecule has 0 bridgehead atoms.